The van der Waals surface area contributed by atoms with Gasteiger partial charge in [0.2, 0.25) is 5.91 Å². The van der Waals surface area contributed by atoms with Crippen molar-refractivity contribution >= 4 is 11.7 Å². The molecule has 0 aliphatic heterocycles. The molecule has 2 unspecified atom stereocenters. The molecule has 6 nitrogen and oxygen atoms in total. The topological polar surface area (TPSA) is 101 Å². The summed E-state index contributed by atoms with van der Waals surface area (Å²) in [4.78, 5) is 22.8. The summed E-state index contributed by atoms with van der Waals surface area (Å²) in [5.41, 5.74) is 5.62. The molecule has 0 bridgehead atoms. The van der Waals surface area contributed by atoms with Gasteiger partial charge in [0.15, 0.2) is 5.82 Å². The van der Waals surface area contributed by atoms with E-state index < -0.39 is 0 Å². The fourth-order valence-electron chi connectivity index (χ4n) is 2.12. The van der Waals surface area contributed by atoms with Gasteiger partial charge in [-0.2, -0.15) is 5.10 Å². The summed E-state index contributed by atoms with van der Waals surface area (Å²) in [6, 6.07) is 2.72. The van der Waals surface area contributed by atoms with E-state index in [2.05, 4.69) is 15.5 Å². The number of hydrogen-bond donors (Lipinski definition) is 3. The van der Waals surface area contributed by atoms with Gasteiger partial charge in [-0.3, -0.25) is 9.59 Å². The van der Waals surface area contributed by atoms with Gasteiger partial charge in [-0.15, -0.1) is 0 Å². The van der Waals surface area contributed by atoms with Crippen LogP contribution in [0.25, 0.3) is 0 Å². The van der Waals surface area contributed by atoms with Crippen LogP contribution in [-0.4, -0.2) is 22.1 Å². The second-order valence-electron chi connectivity index (χ2n) is 4.35. The molecule has 1 amide bonds. The Hall–Kier alpha value is -1.69. The lowest BCUT2D eigenvalue weighted by Gasteiger charge is -2.27. The first-order chi connectivity index (χ1) is 8.16. The van der Waals surface area contributed by atoms with Crippen LogP contribution >= 0.6 is 0 Å². The molecule has 4 N–H and O–H groups in total. The van der Waals surface area contributed by atoms with E-state index in [0.717, 1.165) is 25.7 Å². The van der Waals surface area contributed by atoms with Crippen molar-refractivity contribution < 1.29 is 4.79 Å². The Kier molecular flexibility index (Phi) is 3.53. The van der Waals surface area contributed by atoms with Gasteiger partial charge >= 0.3 is 0 Å². The van der Waals surface area contributed by atoms with Gasteiger partial charge in [0, 0.05) is 12.1 Å². The maximum absolute atomic E-state index is 11.9. The molecule has 1 aromatic heterocycles. The van der Waals surface area contributed by atoms with E-state index in [9.17, 15) is 9.59 Å². The molecule has 1 fully saturated rings. The van der Waals surface area contributed by atoms with Crippen LogP contribution in [0.3, 0.4) is 0 Å². The van der Waals surface area contributed by atoms with Crippen LogP contribution in [0, 0.1) is 5.92 Å². The van der Waals surface area contributed by atoms with Crippen molar-refractivity contribution in [2.75, 3.05) is 5.32 Å². The minimum Gasteiger partial charge on any atom is -0.327 e. The second-order valence-corrected chi connectivity index (χ2v) is 4.35. The van der Waals surface area contributed by atoms with Gasteiger partial charge in [0.05, 0.1) is 5.92 Å². The van der Waals surface area contributed by atoms with E-state index in [-0.39, 0.29) is 23.4 Å². The van der Waals surface area contributed by atoms with Crippen molar-refractivity contribution in [2.24, 2.45) is 11.7 Å². The summed E-state index contributed by atoms with van der Waals surface area (Å²) in [5, 5.41) is 8.66. The van der Waals surface area contributed by atoms with Gasteiger partial charge in [0.25, 0.3) is 5.56 Å². The zero-order chi connectivity index (χ0) is 12.3. The van der Waals surface area contributed by atoms with Gasteiger partial charge in [-0.25, -0.2) is 5.10 Å². The third-order valence-electron chi connectivity index (χ3n) is 3.09. The molecule has 6 heteroatoms. The van der Waals surface area contributed by atoms with Crippen molar-refractivity contribution in [3.8, 4) is 0 Å². The maximum Gasteiger partial charge on any atom is 0.264 e. The molecular weight excluding hydrogens is 220 g/mol. The van der Waals surface area contributed by atoms with E-state index in [1.165, 1.54) is 12.1 Å². The van der Waals surface area contributed by atoms with Crippen LogP contribution in [0.2, 0.25) is 0 Å². The number of amides is 1. The average molecular weight is 236 g/mol. The summed E-state index contributed by atoms with van der Waals surface area (Å²) >= 11 is 0. The van der Waals surface area contributed by atoms with Gasteiger partial charge in [0.1, 0.15) is 0 Å². The highest BCUT2D eigenvalue weighted by molar-refractivity contribution is 5.92. The highest BCUT2D eigenvalue weighted by Crippen LogP contribution is 2.23. The van der Waals surface area contributed by atoms with Gasteiger partial charge in [-0.05, 0) is 18.9 Å². The fraction of sp³-hybridized carbons (Fsp3) is 0.545. The largest absolute Gasteiger partial charge is 0.327 e. The smallest absolute Gasteiger partial charge is 0.264 e. The monoisotopic (exact) mass is 236 g/mol. The number of H-pyrrole nitrogens is 1. The molecule has 0 radical (unpaired) electrons. The number of hydrogen-bond acceptors (Lipinski definition) is 4. The minimum atomic E-state index is -0.294. The van der Waals surface area contributed by atoms with E-state index in [1.54, 1.807) is 0 Å². The molecule has 1 aliphatic rings. The molecule has 2 atom stereocenters. The summed E-state index contributed by atoms with van der Waals surface area (Å²) < 4.78 is 0. The first-order valence-electron chi connectivity index (χ1n) is 5.79. The van der Waals surface area contributed by atoms with Crippen LogP contribution in [0.5, 0.6) is 0 Å². The molecular formula is C11H16N4O2. The standard InChI is InChI=1S/C11H16N4O2/c12-8-4-2-1-3-7(8)11(17)13-9-5-6-10(16)15-14-9/h5-8H,1-4,12H2,(H,15,16)(H,13,14,17). The molecule has 1 aromatic rings. The summed E-state index contributed by atoms with van der Waals surface area (Å²) in [6.45, 7) is 0. The molecule has 17 heavy (non-hydrogen) atoms. The van der Waals surface area contributed by atoms with E-state index in [1.807, 2.05) is 0 Å². The number of carbonyl (C=O) groups is 1. The van der Waals surface area contributed by atoms with Gasteiger partial charge < -0.3 is 11.1 Å². The number of nitrogens with one attached hydrogen (secondary N) is 2. The Morgan fingerprint density at radius 2 is 2.18 bits per heavy atom. The van der Waals surface area contributed by atoms with Gasteiger partial charge in [-0.1, -0.05) is 12.8 Å². The molecule has 0 saturated heterocycles. The Bertz CT molecular complexity index is 437. The first-order valence-corrected chi connectivity index (χ1v) is 5.79. The maximum atomic E-state index is 11.9. The summed E-state index contributed by atoms with van der Waals surface area (Å²) in [5.74, 6) is 0.0848. The Morgan fingerprint density at radius 1 is 1.41 bits per heavy atom. The molecule has 1 aliphatic carbocycles. The summed E-state index contributed by atoms with van der Waals surface area (Å²) in [6.07, 6.45) is 3.82. The number of nitrogens with two attached hydrogens (primary N) is 1. The second kappa shape index (κ2) is 5.09. The van der Waals surface area contributed by atoms with Crippen LogP contribution in [0.15, 0.2) is 16.9 Å². The molecule has 1 saturated carbocycles. The third kappa shape index (κ3) is 2.91. The average Bonchev–Trinajstić information content (AvgIpc) is 2.32. The lowest BCUT2D eigenvalue weighted by molar-refractivity contribution is -0.121. The highest BCUT2D eigenvalue weighted by Gasteiger charge is 2.28. The predicted molar refractivity (Wildman–Crippen MR) is 63.4 cm³/mol. The molecule has 1 heterocycles. The Balaban J connectivity index is 2.00. The quantitative estimate of drug-likeness (QED) is 0.684. The predicted octanol–water partition coefficient (Wildman–Crippen LogP) is 0.226. The fourth-order valence-corrected chi connectivity index (χ4v) is 2.12. The van der Waals surface area contributed by atoms with Crippen molar-refractivity contribution in [3.63, 3.8) is 0 Å². The van der Waals surface area contributed by atoms with Crippen molar-refractivity contribution in [1.29, 1.82) is 0 Å². The van der Waals surface area contributed by atoms with Crippen molar-refractivity contribution in [2.45, 2.75) is 31.7 Å². The summed E-state index contributed by atoms with van der Waals surface area (Å²) in [7, 11) is 0. The van der Waals surface area contributed by atoms with Crippen molar-refractivity contribution in [3.05, 3.63) is 22.5 Å². The lowest BCUT2D eigenvalue weighted by atomic mass is 9.84. The van der Waals surface area contributed by atoms with E-state index >= 15 is 0 Å². The number of rotatable bonds is 2. The number of aromatic nitrogens is 2. The van der Waals surface area contributed by atoms with Crippen LogP contribution in [-0.2, 0) is 4.79 Å². The van der Waals surface area contributed by atoms with E-state index in [0.29, 0.717) is 5.82 Å². The number of aromatic amines is 1. The molecule has 0 spiro atoms. The minimum absolute atomic E-state index is 0.0773. The Labute approximate surface area is 98.6 Å². The third-order valence-corrected chi connectivity index (χ3v) is 3.09. The highest BCUT2D eigenvalue weighted by atomic mass is 16.2. The zero-order valence-electron chi connectivity index (χ0n) is 9.48. The molecule has 0 aromatic carbocycles. The SMILES string of the molecule is NC1CCCCC1C(=O)Nc1ccc(=O)[nH]n1. The first kappa shape index (κ1) is 11.8. The van der Waals surface area contributed by atoms with E-state index in [4.69, 9.17) is 5.73 Å². The number of carbonyl (C=O) groups excluding carboxylic acids is 1. The van der Waals surface area contributed by atoms with Crippen molar-refractivity contribution in [1.82, 2.24) is 10.2 Å². The molecule has 92 valence electrons. The van der Waals surface area contributed by atoms with Crippen LogP contribution in [0.1, 0.15) is 25.7 Å². The Morgan fingerprint density at radius 3 is 2.82 bits per heavy atom. The molecule has 2 rings (SSSR count). The zero-order valence-corrected chi connectivity index (χ0v) is 9.48. The lowest BCUT2D eigenvalue weighted by Crippen LogP contribution is -2.40. The normalized spacial score (nSPS) is 24.3. The van der Waals surface area contributed by atoms with Crippen LogP contribution in [0.4, 0.5) is 5.82 Å². The number of anilines is 1. The number of nitrogens with zero attached hydrogens (tertiary/aromatic N) is 1. The van der Waals surface area contributed by atoms with Crippen LogP contribution < -0.4 is 16.6 Å².